The van der Waals surface area contributed by atoms with Crippen molar-refractivity contribution in [2.45, 2.75) is 24.8 Å². The molecule has 1 N–H and O–H groups in total. The zero-order valence-electron chi connectivity index (χ0n) is 14.9. The van der Waals surface area contributed by atoms with Crippen LogP contribution in [0.1, 0.15) is 18.9 Å². The van der Waals surface area contributed by atoms with Crippen LogP contribution in [0.4, 0.5) is 0 Å². The second kappa shape index (κ2) is 9.51. The summed E-state index contributed by atoms with van der Waals surface area (Å²) in [7, 11) is 0. The van der Waals surface area contributed by atoms with Crippen LogP contribution in [0.15, 0.2) is 70.0 Å². The topological polar surface area (TPSA) is 38.3 Å². The van der Waals surface area contributed by atoms with Crippen molar-refractivity contribution >= 4 is 46.5 Å². The molecule has 0 bridgehead atoms. The summed E-state index contributed by atoms with van der Waals surface area (Å²) in [6, 6.07) is 17.6. The van der Waals surface area contributed by atoms with Crippen molar-refractivity contribution in [3.05, 3.63) is 75.7 Å². The standard InChI is InChI=1S/C21H20ClNO2S2/c1-2-17-19(27-16-6-4-3-5-7-16)18(21(26)23-20(17)24)13-25-12-14-8-10-15(22)11-9-14/h3-11,18H,2,12-13H2,1H3,(H,23,24,26). The molecular weight excluding hydrogens is 398 g/mol. The maximum Gasteiger partial charge on any atom is 0.252 e. The molecule has 0 spiro atoms. The number of hydrogen-bond donors (Lipinski definition) is 1. The molecule has 0 saturated heterocycles. The van der Waals surface area contributed by atoms with Gasteiger partial charge >= 0.3 is 0 Å². The van der Waals surface area contributed by atoms with Crippen molar-refractivity contribution < 1.29 is 9.53 Å². The number of thioether (sulfide) groups is 1. The van der Waals surface area contributed by atoms with Gasteiger partial charge in [-0.3, -0.25) is 4.79 Å². The van der Waals surface area contributed by atoms with Gasteiger partial charge in [-0.1, -0.05) is 72.8 Å². The highest BCUT2D eigenvalue weighted by Crippen LogP contribution is 2.38. The number of thiocarbonyl (C=S) groups is 1. The zero-order chi connectivity index (χ0) is 19.2. The van der Waals surface area contributed by atoms with Crippen molar-refractivity contribution in [3.63, 3.8) is 0 Å². The first kappa shape index (κ1) is 20.1. The van der Waals surface area contributed by atoms with Crippen LogP contribution in [0.2, 0.25) is 5.02 Å². The summed E-state index contributed by atoms with van der Waals surface area (Å²) in [5.41, 5.74) is 1.82. The predicted octanol–water partition coefficient (Wildman–Crippen LogP) is 5.39. The summed E-state index contributed by atoms with van der Waals surface area (Å²) in [6.07, 6.45) is 0.650. The molecule has 3 nitrogen and oxygen atoms in total. The van der Waals surface area contributed by atoms with E-state index < -0.39 is 0 Å². The lowest BCUT2D eigenvalue weighted by molar-refractivity contribution is -0.116. The Morgan fingerprint density at radius 1 is 1.15 bits per heavy atom. The summed E-state index contributed by atoms with van der Waals surface area (Å²) in [5.74, 6) is -0.236. The number of ether oxygens (including phenoxy) is 1. The summed E-state index contributed by atoms with van der Waals surface area (Å²) in [5, 5.41) is 3.53. The van der Waals surface area contributed by atoms with Gasteiger partial charge in [-0.05, 0) is 36.2 Å². The lowest BCUT2D eigenvalue weighted by Crippen LogP contribution is -2.42. The van der Waals surface area contributed by atoms with Crippen LogP contribution in [0, 0.1) is 5.92 Å². The number of hydrogen-bond acceptors (Lipinski definition) is 4. The number of carbonyl (C=O) groups is 1. The minimum Gasteiger partial charge on any atom is -0.376 e. The van der Waals surface area contributed by atoms with Crippen LogP contribution in [0.25, 0.3) is 0 Å². The van der Waals surface area contributed by atoms with Gasteiger partial charge in [-0.25, -0.2) is 0 Å². The maximum atomic E-state index is 12.4. The van der Waals surface area contributed by atoms with Crippen molar-refractivity contribution in [1.29, 1.82) is 0 Å². The average Bonchev–Trinajstić information content (AvgIpc) is 2.66. The third-order valence-electron chi connectivity index (χ3n) is 4.23. The summed E-state index contributed by atoms with van der Waals surface area (Å²) >= 11 is 13.0. The molecule has 3 rings (SSSR count). The molecule has 140 valence electrons. The zero-order valence-corrected chi connectivity index (χ0v) is 17.3. The minimum atomic E-state index is -0.134. The van der Waals surface area contributed by atoms with E-state index >= 15 is 0 Å². The number of carbonyl (C=O) groups excluding carboxylic acids is 1. The molecule has 2 aromatic carbocycles. The number of rotatable bonds is 7. The van der Waals surface area contributed by atoms with Gasteiger partial charge in [0.25, 0.3) is 5.91 Å². The molecule has 27 heavy (non-hydrogen) atoms. The molecule has 1 heterocycles. The van der Waals surface area contributed by atoms with Gasteiger partial charge in [0, 0.05) is 20.4 Å². The molecular formula is C21H20ClNO2S2. The number of halogens is 1. The average molecular weight is 418 g/mol. The van der Waals surface area contributed by atoms with Gasteiger partial charge in [0.1, 0.15) is 0 Å². The lowest BCUT2D eigenvalue weighted by atomic mass is 9.99. The highest BCUT2D eigenvalue weighted by atomic mass is 35.5. The van der Waals surface area contributed by atoms with E-state index in [-0.39, 0.29) is 11.8 Å². The molecule has 0 fully saturated rings. The Balaban J connectivity index is 1.77. The third-order valence-corrected chi connectivity index (χ3v) is 6.13. The fourth-order valence-corrected chi connectivity index (χ4v) is 4.54. The monoisotopic (exact) mass is 417 g/mol. The van der Waals surface area contributed by atoms with Gasteiger partial charge in [0.2, 0.25) is 0 Å². The third kappa shape index (κ3) is 5.20. The van der Waals surface area contributed by atoms with Gasteiger partial charge < -0.3 is 10.1 Å². The first-order chi connectivity index (χ1) is 13.1. The van der Waals surface area contributed by atoms with Crippen LogP contribution in [-0.4, -0.2) is 17.5 Å². The summed E-state index contributed by atoms with van der Waals surface area (Å²) in [6.45, 7) is 2.87. The lowest BCUT2D eigenvalue weighted by Gasteiger charge is -2.28. The molecule has 1 atom stereocenters. The second-order valence-electron chi connectivity index (χ2n) is 6.12. The molecule has 0 radical (unpaired) electrons. The molecule has 0 aromatic heterocycles. The summed E-state index contributed by atoms with van der Waals surface area (Å²) in [4.78, 5) is 15.0. The van der Waals surface area contributed by atoms with Crippen LogP contribution < -0.4 is 5.32 Å². The minimum absolute atomic E-state index is 0.102. The van der Waals surface area contributed by atoms with Gasteiger partial charge in [-0.15, -0.1) is 0 Å². The van der Waals surface area contributed by atoms with E-state index in [0.29, 0.717) is 29.6 Å². The molecule has 1 aliphatic heterocycles. The Hall–Kier alpha value is -1.66. The molecule has 6 heteroatoms. The number of benzene rings is 2. The van der Waals surface area contributed by atoms with Gasteiger partial charge in [-0.2, -0.15) is 0 Å². The van der Waals surface area contributed by atoms with Crippen LogP contribution >= 0.6 is 35.6 Å². The van der Waals surface area contributed by atoms with E-state index in [9.17, 15) is 4.79 Å². The fraction of sp³-hybridized carbons (Fsp3) is 0.238. The Morgan fingerprint density at radius 3 is 2.52 bits per heavy atom. The van der Waals surface area contributed by atoms with Gasteiger partial charge in [0.15, 0.2) is 0 Å². The normalized spacial score (nSPS) is 17.2. The van der Waals surface area contributed by atoms with Crippen LogP contribution in [0.5, 0.6) is 0 Å². The molecule has 0 saturated carbocycles. The Morgan fingerprint density at radius 2 is 1.85 bits per heavy atom. The van der Waals surface area contributed by atoms with Crippen LogP contribution in [0.3, 0.4) is 0 Å². The fourth-order valence-electron chi connectivity index (χ4n) is 2.83. The molecule has 1 aliphatic rings. The van der Waals surface area contributed by atoms with Crippen molar-refractivity contribution in [2.24, 2.45) is 5.92 Å². The van der Waals surface area contributed by atoms with E-state index in [2.05, 4.69) is 5.32 Å². The smallest absolute Gasteiger partial charge is 0.252 e. The molecule has 0 aliphatic carbocycles. The van der Waals surface area contributed by atoms with Crippen molar-refractivity contribution in [2.75, 3.05) is 6.61 Å². The SMILES string of the molecule is CCC1=C(Sc2ccccc2)C(COCc2ccc(Cl)cc2)C(=S)NC1=O. The van der Waals surface area contributed by atoms with E-state index in [1.165, 1.54) is 0 Å². The van der Waals surface area contributed by atoms with Crippen molar-refractivity contribution in [1.82, 2.24) is 5.32 Å². The Labute approximate surface area is 174 Å². The molecule has 2 aromatic rings. The predicted molar refractivity (Wildman–Crippen MR) is 115 cm³/mol. The van der Waals surface area contributed by atoms with Gasteiger partial charge in [0.05, 0.1) is 24.1 Å². The highest BCUT2D eigenvalue weighted by Gasteiger charge is 2.32. The first-order valence-electron chi connectivity index (χ1n) is 8.71. The molecule has 1 unspecified atom stereocenters. The number of amides is 1. The van der Waals surface area contributed by atoms with E-state index in [1.54, 1.807) is 11.8 Å². The Bertz CT molecular complexity index is 850. The quantitative estimate of drug-likeness (QED) is 0.613. The second-order valence-corrected chi connectivity index (χ2v) is 8.12. The first-order valence-corrected chi connectivity index (χ1v) is 10.3. The highest BCUT2D eigenvalue weighted by molar-refractivity contribution is 8.03. The summed E-state index contributed by atoms with van der Waals surface area (Å²) < 4.78 is 5.94. The maximum absolute atomic E-state index is 12.4. The van der Waals surface area contributed by atoms with Crippen LogP contribution in [-0.2, 0) is 16.1 Å². The van der Waals surface area contributed by atoms with Crippen molar-refractivity contribution in [3.8, 4) is 0 Å². The van der Waals surface area contributed by atoms with E-state index in [1.807, 2.05) is 61.5 Å². The Kier molecular flexibility index (Phi) is 7.07. The van der Waals surface area contributed by atoms with E-state index in [4.69, 9.17) is 28.6 Å². The largest absolute Gasteiger partial charge is 0.376 e. The van der Waals surface area contributed by atoms with E-state index in [0.717, 1.165) is 20.9 Å². The number of nitrogens with one attached hydrogen (secondary N) is 1. The molecule has 1 amide bonds.